The molecule has 0 heterocycles. The summed E-state index contributed by atoms with van der Waals surface area (Å²) in [5.41, 5.74) is 0. The minimum absolute atomic E-state index is 0.349. The lowest BCUT2D eigenvalue weighted by atomic mass is 10.4. The first kappa shape index (κ1) is 6.52. The van der Waals surface area contributed by atoms with E-state index in [1.807, 2.05) is 0 Å². The quantitative estimate of drug-likeness (QED) is 0.522. The zero-order valence-corrected chi connectivity index (χ0v) is 5.26. The van der Waals surface area contributed by atoms with Crippen molar-refractivity contribution in [1.82, 2.24) is 0 Å². The Labute approximate surface area is 53.0 Å². The van der Waals surface area contributed by atoms with Gasteiger partial charge in [0.25, 0.3) is 0 Å². The van der Waals surface area contributed by atoms with Gasteiger partial charge in [0, 0.05) is 0 Å². The predicted molar refractivity (Wildman–Crippen MR) is 29.6 cm³/mol. The van der Waals surface area contributed by atoms with E-state index in [9.17, 15) is 9.18 Å². The van der Waals surface area contributed by atoms with Crippen LogP contribution < -0.4 is 0 Å². The van der Waals surface area contributed by atoms with E-state index in [2.05, 4.69) is 4.74 Å². The Morgan fingerprint density at radius 1 is 1.89 bits per heavy atom. The molecule has 2 unspecified atom stereocenters. The zero-order valence-electron chi connectivity index (χ0n) is 5.26. The van der Waals surface area contributed by atoms with E-state index < -0.39 is 12.1 Å². The molecule has 1 aliphatic carbocycles. The third-order valence-electron chi connectivity index (χ3n) is 1.30. The van der Waals surface area contributed by atoms with Crippen LogP contribution in [0.5, 0.6) is 0 Å². The van der Waals surface area contributed by atoms with Crippen LogP contribution in [0.25, 0.3) is 0 Å². The van der Waals surface area contributed by atoms with Crippen molar-refractivity contribution < 1.29 is 13.9 Å². The van der Waals surface area contributed by atoms with E-state index in [1.54, 1.807) is 6.92 Å². The molecule has 2 atom stereocenters. The van der Waals surface area contributed by atoms with Crippen LogP contribution in [0.2, 0.25) is 0 Å². The first-order chi connectivity index (χ1) is 4.25. The van der Waals surface area contributed by atoms with Gasteiger partial charge in [-0.1, -0.05) is 0 Å². The molecule has 2 nitrogen and oxygen atoms in total. The minimum atomic E-state index is -0.927. The number of rotatable bonds is 2. The maximum absolute atomic E-state index is 12.0. The third kappa shape index (κ3) is 1.40. The van der Waals surface area contributed by atoms with Crippen molar-refractivity contribution in [3.05, 3.63) is 0 Å². The Kier molecular flexibility index (Phi) is 1.69. The summed E-state index contributed by atoms with van der Waals surface area (Å²) in [7, 11) is 0. The predicted octanol–water partition coefficient (Wildman–Crippen LogP) is 0.908. The van der Waals surface area contributed by atoms with Crippen LogP contribution in [0.4, 0.5) is 4.39 Å². The Morgan fingerprint density at radius 3 is 2.78 bits per heavy atom. The fraction of sp³-hybridized carbons (Fsp3) is 0.833. The number of esters is 1. The topological polar surface area (TPSA) is 26.3 Å². The molecule has 0 aliphatic heterocycles. The molecule has 1 fully saturated rings. The zero-order chi connectivity index (χ0) is 6.85. The Bertz CT molecular complexity index is 124. The van der Waals surface area contributed by atoms with E-state index in [4.69, 9.17) is 0 Å². The second-order valence-electron chi connectivity index (χ2n) is 2.11. The number of carbonyl (C=O) groups excluding carboxylic acids is 1. The van der Waals surface area contributed by atoms with Crippen LogP contribution in [0.3, 0.4) is 0 Å². The minimum Gasteiger partial charge on any atom is -0.466 e. The number of halogens is 1. The Hall–Kier alpha value is -0.600. The normalized spacial score (nSPS) is 31.8. The average Bonchev–Trinajstić information content (AvgIpc) is 2.47. The molecule has 0 aromatic heterocycles. The SMILES string of the molecule is CCOC(=O)C1CC1F. The first-order valence-electron chi connectivity index (χ1n) is 3.06. The van der Waals surface area contributed by atoms with Crippen molar-refractivity contribution >= 4 is 5.97 Å². The monoisotopic (exact) mass is 132 g/mol. The lowest BCUT2D eigenvalue weighted by Gasteiger charge is -1.95. The Morgan fingerprint density at radius 2 is 2.44 bits per heavy atom. The van der Waals surface area contributed by atoms with Crippen molar-refractivity contribution in [2.75, 3.05) is 6.61 Å². The van der Waals surface area contributed by atoms with Crippen LogP contribution in [-0.2, 0) is 9.53 Å². The Balaban J connectivity index is 2.20. The maximum atomic E-state index is 12.0. The molecular weight excluding hydrogens is 123 g/mol. The molecule has 0 bridgehead atoms. The molecule has 0 N–H and O–H groups in total. The fourth-order valence-electron chi connectivity index (χ4n) is 0.657. The van der Waals surface area contributed by atoms with Crippen LogP contribution in [0, 0.1) is 5.92 Å². The van der Waals surface area contributed by atoms with Gasteiger partial charge in [0.2, 0.25) is 0 Å². The molecule has 1 aliphatic rings. The van der Waals surface area contributed by atoms with Crippen molar-refractivity contribution in [3.63, 3.8) is 0 Å². The lowest BCUT2D eigenvalue weighted by Crippen LogP contribution is -2.07. The second kappa shape index (κ2) is 2.33. The van der Waals surface area contributed by atoms with Gasteiger partial charge in [-0.15, -0.1) is 0 Å². The van der Waals surface area contributed by atoms with E-state index in [-0.39, 0.29) is 5.97 Å². The lowest BCUT2D eigenvalue weighted by molar-refractivity contribution is -0.145. The molecular formula is C6H9FO2. The number of hydrogen-bond donors (Lipinski definition) is 0. The number of alkyl halides is 1. The molecule has 1 rings (SSSR count). The molecule has 1 saturated carbocycles. The molecule has 0 aromatic carbocycles. The van der Waals surface area contributed by atoms with Gasteiger partial charge in [-0.05, 0) is 13.3 Å². The molecule has 3 heteroatoms. The van der Waals surface area contributed by atoms with Crippen molar-refractivity contribution in [3.8, 4) is 0 Å². The average molecular weight is 132 g/mol. The number of carbonyl (C=O) groups is 1. The van der Waals surface area contributed by atoms with Crippen LogP contribution >= 0.6 is 0 Å². The van der Waals surface area contributed by atoms with Gasteiger partial charge >= 0.3 is 5.97 Å². The number of hydrogen-bond acceptors (Lipinski definition) is 2. The molecule has 0 amide bonds. The molecule has 52 valence electrons. The summed E-state index contributed by atoms with van der Waals surface area (Å²) < 4.78 is 16.6. The first-order valence-corrected chi connectivity index (χ1v) is 3.06. The molecule has 0 spiro atoms. The molecule has 9 heavy (non-hydrogen) atoms. The number of ether oxygens (including phenoxy) is 1. The van der Waals surface area contributed by atoms with E-state index in [0.29, 0.717) is 13.0 Å². The molecule has 0 aromatic rings. The fourth-order valence-corrected chi connectivity index (χ4v) is 0.657. The van der Waals surface area contributed by atoms with Gasteiger partial charge in [0.05, 0.1) is 12.5 Å². The maximum Gasteiger partial charge on any atom is 0.311 e. The summed E-state index contributed by atoms with van der Waals surface area (Å²) in [5, 5.41) is 0. The third-order valence-corrected chi connectivity index (χ3v) is 1.30. The van der Waals surface area contributed by atoms with Crippen molar-refractivity contribution in [2.45, 2.75) is 19.5 Å². The van der Waals surface area contributed by atoms with Crippen LogP contribution in [0.15, 0.2) is 0 Å². The van der Waals surface area contributed by atoms with Crippen LogP contribution in [-0.4, -0.2) is 18.7 Å². The summed E-state index contributed by atoms with van der Waals surface area (Å²) in [5.74, 6) is -0.824. The summed E-state index contributed by atoms with van der Waals surface area (Å²) in [6.07, 6.45) is -0.567. The highest BCUT2D eigenvalue weighted by atomic mass is 19.1. The standard InChI is InChI=1S/C6H9FO2/c1-2-9-6(8)4-3-5(4)7/h4-5H,2-3H2,1H3. The van der Waals surface area contributed by atoms with Crippen molar-refractivity contribution in [1.29, 1.82) is 0 Å². The highest BCUT2D eigenvalue weighted by Crippen LogP contribution is 2.34. The summed E-state index contributed by atoms with van der Waals surface area (Å²) in [4.78, 5) is 10.6. The second-order valence-corrected chi connectivity index (χ2v) is 2.11. The van der Waals surface area contributed by atoms with Gasteiger partial charge in [0.15, 0.2) is 0 Å². The molecule has 0 saturated heterocycles. The summed E-state index contributed by atoms with van der Waals surface area (Å²) in [6, 6.07) is 0. The van der Waals surface area contributed by atoms with E-state index >= 15 is 0 Å². The summed E-state index contributed by atoms with van der Waals surface area (Å²) in [6.45, 7) is 2.07. The van der Waals surface area contributed by atoms with Gasteiger partial charge in [-0.25, -0.2) is 4.39 Å². The van der Waals surface area contributed by atoms with Gasteiger partial charge < -0.3 is 4.74 Å². The van der Waals surface area contributed by atoms with Crippen molar-refractivity contribution in [2.24, 2.45) is 5.92 Å². The summed E-state index contributed by atoms with van der Waals surface area (Å²) >= 11 is 0. The molecule has 0 radical (unpaired) electrons. The van der Waals surface area contributed by atoms with Gasteiger partial charge in [0.1, 0.15) is 6.17 Å². The van der Waals surface area contributed by atoms with Gasteiger partial charge in [-0.2, -0.15) is 0 Å². The van der Waals surface area contributed by atoms with Gasteiger partial charge in [-0.3, -0.25) is 4.79 Å². The largest absolute Gasteiger partial charge is 0.466 e. The van der Waals surface area contributed by atoms with Crippen LogP contribution in [0.1, 0.15) is 13.3 Å². The smallest absolute Gasteiger partial charge is 0.311 e. The van der Waals surface area contributed by atoms with E-state index in [1.165, 1.54) is 0 Å². The highest BCUT2D eigenvalue weighted by molar-refractivity contribution is 5.76. The van der Waals surface area contributed by atoms with E-state index in [0.717, 1.165) is 0 Å². The highest BCUT2D eigenvalue weighted by Gasteiger charge is 2.44.